The number of anilines is 1. The van der Waals surface area contributed by atoms with Crippen LogP contribution in [0.3, 0.4) is 0 Å². The zero-order chi connectivity index (χ0) is 26.7. The fourth-order valence-electron chi connectivity index (χ4n) is 3.88. The monoisotopic (exact) mass is 522 g/mol. The second-order valence-electron chi connectivity index (χ2n) is 9.81. The number of benzene rings is 2. The van der Waals surface area contributed by atoms with Crippen molar-refractivity contribution in [3.8, 4) is 34.4 Å². The van der Waals surface area contributed by atoms with Crippen molar-refractivity contribution in [1.82, 2.24) is 9.55 Å². The van der Waals surface area contributed by atoms with Gasteiger partial charge in [-0.25, -0.2) is 13.8 Å². The molecule has 0 radical (unpaired) electrons. The number of pyridine rings is 1. The summed E-state index contributed by atoms with van der Waals surface area (Å²) in [4.78, 5) is 4.51. The third kappa shape index (κ3) is 5.74. The molecule has 4 rings (SSSR count). The summed E-state index contributed by atoms with van der Waals surface area (Å²) in [5, 5.41) is 10.1. The SMILES string of the molecule is COc1ccc(-c2cn(COCC[Si](C)(C)C)c3nccc(Oc4c(F)cc(N)cc4F)c23)cc1C#N. The fraction of sp³-hybridized carbons (Fsp3) is 0.259. The minimum absolute atomic E-state index is 0.0493. The summed E-state index contributed by atoms with van der Waals surface area (Å²) >= 11 is 0. The number of nitriles is 1. The van der Waals surface area contributed by atoms with Crippen LogP contribution in [0, 0.1) is 23.0 Å². The van der Waals surface area contributed by atoms with Crippen LogP contribution in [0.4, 0.5) is 14.5 Å². The number of hydrogen-bond donors (Lipinski definition) is 1. The van der Waals surface area contributed by atoms with Crippen LogP contribution in [-0.4, -0.2) is 31.3 Å². The van der Waals surface area contributed by atoms with E-state index in [9.17, 15) is 14.0 Å². The molecule has 2 aromatic carbocycles. The van der Waals surface area contributed by atoms with E-state index in [-0.39, 0.29) is 18.2 Å². The second kappa shape index (κ2) is 10.6. The Balaban J connectivity index is 1.83. The van der Waals surface area contributed by atoms with Gasteiger partial charge in [0.05, 0.1) is 18.1 Å². The van der Waals surface area contributed by atoms with Gasteiger partial charge in [-0.3, -0.25) is 0 Å². The largest absolute Gasteiger partial charge is 0.495 e. The summed E-state index contributed by atoms with van der Waals surface area (Å²) < 4.78 is 48.0. The maximum absolute atomic E-state index is 14.6. The molecule has 0 saturated heterocycles. The summed E-state index contributed by atoms with van der Waals surface area (Å²) in [5.41, 5.74) is 7.69. The molecule has 10 heteroatoms. The number of hydrogen-bond acceptors (Lipinski definition) is 6. The number of rotatable bonds is 9. The lowest BCUT2D eigenvalue weighted by Crippen LogP contribution is -2.22. The van der Waals surface area contributed by atoms with E-state index in [2.05, 4.69) is 30.7 Å². The first-order valence-electron chi connectivity index (χ1n) is 11.7. The van der Waals surface area contributed by atoms with Gasteiger partial charge in [-0.15, -0.1) is 0 Å². The Morgan fingerprint density at radius 2 is 1.81 bits per heavy atom. The molecular formula is C27H28F2N4O3Si. The van der Waals surface area contributed by atoms with E-state index < -0.39 is 25.5 Å². The molecule has 2 N–H and O–H groups in total. The van der Waals surface area contributed by atoms with E-state index in [1.54, 1.807) is 18.2 Å². The van der Waals surface area contributed by atoms with Crippen LogP contribution < -0.4 is 15.2 Å². The van der Waals surface area contributed by atoms with E-state index in [1.807, 2.05) is 10.8 Å². The highest BCUT2D eigenvalue weighted by atomic mass is 28.3. The smallest absolute Gasteiger partial charge is 0.198 e. The Kier molecular flexibility index (Phi) is 7.47. The maximum Gasteiger partial charge on any atom is 0.198 e. The molecule has 0 aliphatic heterocycles. The molecule has 0 spiro atoms. The summed E-state index contributed by atoms with van der Waals surface area (Å²) in [6.07, 6.45) is 3.33. The van der Waals surface area contributed by atoms with Crippen molar-refractivity contribution in [2.24, 2.45) is 0 Å². The van der Waals surface area contributed by atoms with Gasteiger partial charge in [-0.2, -0.15) is 5.26 Å². The summed E-state index contributed by atoms with van der Waals surface area (Å²) in [6, 6.07) is 11.8. The average molecular weight is 523 g/mol. The first-order chi connectivity index (χ1) is 17.6. The summed E-state index contributed by atoms with van der Waals surface area (Å²) in [7, 11) is 0.216. The minimum atomic E-state index is -1.28. The lowest BCUT2D eigenvalue weighted by atomic mass is 10.0. The highest BCUT2D eigenvalue weighted by molar-refractivity contribution is 6.76. The topological polar surface area (TPSA) is 95.3 Å². The molecule has 4 aromatic rings. The Morgan fingerprint density at radius 3 is 2.46 bits per heavy atom. The lowest BCUT2D eigenvalue weighted by molar-refractivity contribution is 0.0899. The molecule has 0 fully saturated rings. The average Bonchev–Trinajstić information content (AvgIpc) is 3.22. The molecule has 2 aromatic heterocycles. The van der Waals surface area contributed by atoms with Crippen LogP contribution in [-0.2, 0) is 11.5 Å². The van der Waals surface area contributed by atoms with E-state index in [4.69, 9.17) is 19.9 Å². The van der Waals surface area contributed by atoms with E-state index in [0.29, 0.717) is 40.1 Å². The van der Waals surface area contributed by atoms with Gasteiger partial charge in [-0.1, -0.05) is 25.7 Å². The number of fused-ring (bicyclic) bond motifs is 1. The Morgan fingerprint density at radius 1 is 1.08 bits per heavy atom. The van der Waals surface area contributed by atoms with Gasteiger partial charge in [-0.05, 0) is 29.8 Å². The number of methoxy groups -OCH3 is 1. The van der Waals surface area contributed by atoms with Crippen molar-refractivity contribution in [1.29, 1.82) is 5.26 Å². The lowest BCUT2D eigenvalue weighted by Gasteiger charge is -2.15. The molecule has 0 amide bonds. The molecule has 7 nitrogen and oxygen atoms in total. The third-order valence-electron chi connectivity index (χ3n) is 5.81. The van der Waals surface area contributed by atoms with Gasteiger partial charge in [0.1, 0.15) is 29.9 Å². The number of nitrogens with two attached hydrogens (primary N) is 1. The van der Waals surface area contributed by atoms with Gasteiger partial charge in [0.2, 0.25) is 0 Å². The number of ether oxygens (including phenoxy) is 3. The van der Waals surface area contributed by atoms with Gasteiger partial charge >= 0.3 is 0 Å². The standard InChI is InChI=1S/C27H28F2N4O3Si/c1-34-23-6-5-17(11-18(23)14-30)20-15-33(16-35-9-10-37(2,3)4)27-25(20)24(7-8-32-27)36-26-21(28)12-19(31)13-22(26)29/h5-8,11-13,15H,9-10,16,31H2,1-4H3. The predicted molar refractivity (Wildman–Crippen MR) is 141 cm³/mol. The molecule has 0 unspecified atom stereocenters. The van der Waals surface area contributed by atoms with Crippen molar-refractivity contribution in [2.45, 2.75) is 32.4 Å². The highest BCUT2D eigenvalue weighted by Gasteiger charge is 2.21. The van der Waals surface area contributed by atoms with Gasteiger partial charge in [0, 0.05) is 50.5 Å². The van der Waals surface area contributed by atoms with Crippen LogP contribution in [0.25, 0.3) is 22.2 Å². The first-order valence-corrected chi connectivity index (χ1v) is 15.4. The molecule has 2 heterocycles. The molecule has 0 saturated carbocycles. The number of nitrogen functional groups attached to an aromatic ring is 1. The predicted octanol–water partition coefficient (Wildman–Crippen LogP) is 6.55. The summed E-state index contributed by atoms with van der Waals surface area (Å²) in [6.45, 7) is 7.65. The van der Waals surface area contributed by atoms with E-state index in [1.165, 1.54) is 19.4 Å². The Labute approximate surface area is 215 Å². The van der Waals surface area contributed by atoms with Gasteiger partial charge in [0.15, 0.2) is 17.4 Å². The second-order valence-corrected chi connectivity index (χ2v) is 15.4. The number of aromatic nitrogens is 2. The van der Waals surface area contributed by atoms with Crippen LogP contribution in [0.1, 0.15) is 5.56 Å². The molecule has 37 heavy (non-hydrogen) atoms. The van der Waals surface area contributed by atoms with Gasteiger partial charge in [0.25, 0.3) is 0 Å². The first kappa shape index (κ1) is 26.1. The number of halogens is 2. The fourth-order valence-corrected chi connectivity index (χ4v) is 4.64. The molecule has 0 aliphatic carbocycles. The molecule has 0 bridgehead atoms. The van der Waals surface area contributed by atoms with Crippen LogP contribution in [0.5, 0.6) is 17.2 Å². The maximum atomic E-state index is 14.6. The third-order valence-corrected chi connectivity index (χ3v) is 7.51. The van der Waals surface area contributed by atoms with Crippen LogP contribution in [0.2, 0.25) is 25.7 Å². The van der Waals surface area contributed by atoms with Crippen molar-refractivity contribution >= 4 is 24.8 Å². The van der Waals surface area contributed by atoms with Crippen LogP contribution >= 0.6 is 0 Å². The minimum Gasteiger partial charge on any atom is -0.495 e. The molecule has 0 aliphatic rings. The quantitative estimate of drug-likeness (QED) is 0.152. The van der Waals surface area contributed by atoms with Crippen molar-refractivity contribution in [3.63, 3.8) is 0 Å². The molecular weight excluding hydrogens is 494 g/mol. The zero-order valence-electron chi connectivity index (χ0n) is 21.1. The number of nitrogens with zero attached hydrogens (tertiary/aromatic N) is 3. The van der Waals surface area contributed by atoms with E-state index in [0.717, 1.165) is 18.2 Å². The molecule has 0 atom stereocenters. The Hall–Kier alpha value is -3.94. The van der Waals surface area contributed by atoms with Crippen molar-refractivity contribution < 1.29 is 23.0 Å². The normalized spacial score (nSPS) is 11.5. The highest BCUT2D eigenvalue weighted by Crippen LogP contribution is 2.40. The van der Waals surface area contributed by atoms with E-state index >= 15 is 0 Å². The Bertz CT molecular complexity index is 1470. The van der Waals surface area contributed by atoms with Gasteiger partial charge < -0.3 is 24.5 Å². The van der Waals surface area contributed by atoms with Crippen molar-refractivity contribution in [2.75, 3.05) is 19.5 Å². The summed E-state index contributed by atoms with van der Waals surface area (Å²) in [5.74, 6) is -1.79. The van der Waals surface area contributed by atoms with Crippen LogP contribution in [0.15, 0.2) is 48.8 Å². The van der Waals surface area contributed by atoms with Crippen molar-refractivity contribution in [3.05, 3.63) is 66.0 Å². The zero-order valence-corrected chi connectivity index (χ0v) is 22.1. The molecule has 192 valence electrons.